The van der Waals surface area contributed by atoms with E-state index < -0.39 is 4.87 Å². The Morgan fingerprint density at radius 2 is 1.71 bits per heavy atom. The van der Waals surface area contributed by atoms with E-state index in [4.69, 9.17) is 0 Å². The monoisotopic (exact) mass is 433 g/mol. The Hall–Kier alpha value is -3.32. The third-order valence-corrected chi connectivity index (χ3v) is 7.08. The predicted molar refractivity (Wildman–Crippen MR) is 120 cm³/mol. The number of fused-ring (bicyclic) bond motifs is 2. The molecule has 7 heteroatoms. The van der Waals surface area contributed by atoms with Crippen molar-refractivity contribution in [3.05, 3.63) is 95.8 Å². The summed E-state index contributed by atoms with van der Waals surface area (Å²) in [4.78, 5) is 29.1. The highest BCUT2D eigenvalue weighted by Gasteiger charge is 2.59. The zero-order chi connectivity index (χ0) is 21.4. The summed E-state index contributed by atoms with van der Waals surface area (Å²) in [6, 6.07) is 22.8. The molecule has 0 radical (unpaired) electrons. The second-order valence-electron chi connectivity index (χ2n) is 7.44. The molecule has 1 atom stereocenters. The van der Waals surface area contributed by atoms with Gasteiger partial charge in [0.15, 0.2) is 4.87 Å². The molecule has 0 aliphatic carbocycles. The minimum Gasteiger partial charge on any atom is -0.308 e. The van der Waals surface area contributed by atoms with Gasteiger partial charge >= 0.3 is 6.03 Å². The van der Waals surface area contributed by atoms with Crippen LogP contribution in [0.1, 0.15) is 11.1 Å². The number of amides is 3. The van der Waals surface area contributed by atoms with Crippen molar-refractivity contribution >= 4 is 35.1 Å². The lowest BCUT2D eigenvalue weighted by molar-refractivity contribution is -0.123. The maximum Gasteiger partial charge on any atom is 0.323 e. The number of halogens is 1. The molecule has 0 aromatic heterocycles. The van der Waals surface area contributed by atoms with E-state index in [0.29, 0.717) is 29.2 Å². The second kappa shape index (κ2) is 7.74. The van der Waals surface area contributed by atoms with Crippen LogP contribution in [0.3, 0.4) is 0 Å². The highest BCUT2D eigenvalue weighted by molar-refractivity contribution is 8.01. The van der Waals surface area contributed by atoms with E-state index in [0.717, 1.165) is 5.56 Å². The van der Waals surface area contributed by atoms with Crippen LogP contribution >= 0.6 is 11.8 Å². The van der Waals surface area contributed by atoms with Crippen LogP contribution in [-0.2, 0) is 16.2 Å². The molecule has 3 aromatic carbocycles. The van der Waals surface area contributed by atoms with E-state index >= 15 is 0 Å². The third kappa shape index (κ3) is 3.16. The highest BCUT2D eigenvalue weighted by atomic mass is 32.2. The quantitative estimate of drug-likeness (QED) is 0.645. The van der Waals surface area contributed by atoms with Gasteiger partial charge in [0.05, 0.1) is 12.2 Å². The number of nitrogens with one attached hydrogen (secondary N) is 1. The van der Waals surface area contributed by atoms with Crippen molar-refractivity contribution in [3.63, 3.8) is 0 Å². The van der Waals surface area contributed by atoms with E-state index in [9.17, 15) is 14.0 Å². The van der Waals surface area contributed by atoms with E-state index in [1.165, 1.54) is 17.8 Å². The minimum absolute atomic E-state index is 0.110. The van der Waals surface area contributed by atoms with Crippen molar-refractivity contribution in [2.75, 3.05) is 22.5 Å². The Morgan fingerprint density at radius 3 is 2.52 bits per heavy atom. The first-order valence-corrected chi connectivity index (χ1v) is 11.0. The number of urea groups is 1. The molecule has 3 aromatic rings. The van der Waals surface area contributed by atoms with Crippen LogP contribution in [0.25, 0.3) is 0 Å². The van der Waals surface area contributed by atoms with Crippen molar-refractivity contribution < 1.29 is 14.0 Å². The summed E-state index contributed by atoms with van der Waals surface area (Å²) in [6.45, 7) is 0.552. The second-order valence-corrected chi connectivity index (χ2v) is 8.73. The Morgan fingerprint density at radius 1 is 1.00 bits per heavy atom. The number of nitrogens with zero attached hydrogens (tertiary/aromatic N) is 2. The Balaban J connectivity index is 1.53. The fourth-order valence-corrected chi connectivity index (χ4v) is 5.70. The lowest BCUT2D eigenvalue weighted by atomic mass is 10.1. The van der Waals surface area contributed by atoms with Gasteiger partial charge in [-0.3, -0.25) is 9.69 Å². The number of anilines is 2. The van der Waals surface area contributed by atoms with E-state index in [2.05, 4.69) is 5.32 Å². The average molecular weight is 434 g/mol. The number of carbonyl (C=O) groups is 2. The number of thioether (sulfide) groups is 1. The van der Waals surface area contributed by atoms with Crippen molar-refractivity contribution in [2.45, 2.75) is 11.4 Å². The number of benzene rings is 3. The van der Waals surface area contributed by atoms with Gasteiger partial charge in [-0.05, 0) is 24.3 Å². The van der Waals surface area contributed by atoms with Crippen LogP contribution in [0.4, 0.5) is 20.6 Å². The van der Waals surface area contributed by atoms with Crippen LogP contribution in [-0.4, -0.2) is 29.1 Å². The van der Waals surface area contributed by atoms with Gasteiger partial charge in [-0.25, -0.2) is 9.18 Å². The standard InChI is InChI=1S/C24H20FN3O2S/c25-20-12-6-4-8-17(20)16-27-21-13-7-5-11-19(21)24(22(27)29)28(14-15-31-24)23(30)26-18-9-2-1-3-10-18/h1-13H,14-16H2,(H,26,30). The summed E-state index contributed by atoms with van der Waals surface area (Å²) < 4.78 is 14.3. The fourth-order valence-electron chi connectivity index (χ4n) is 4.23. The molecule has 1 unspecified atom stereocenters. The molecule has 1 N–H and O–H groups in total. The first kappa shape index (κ1) is 19.6. The van der Waals surface area contributed by atoms with Crippen LogP contribution in [0.2, 0.25) is 0 Å². The molecule has 5 rings (SSSR count). The van der Waals surface area contributed by atoms with Crippen molar-refractivity contribution in [2.24, 2.45) is 0 Å². The summed E-state index contributed by atoms with van der Waals surface area (Å²) in [5.41, 5.74) is 2.58. The first-order valence-electron chi connectivity index (χ1n) is 10.0. The summed E-state index contributed by atoms with van der Waals surface area (Å²) in [5, 5.41) is 2.90. The zero-order valence-electron chi connectivity index (χ0n) is 16.6. The van der Waals surface area contributed by atoms with Gasteiger partial charge in [-0.15, -0.1) is 11.8 Å². The molecule has 0 saturated carbocycles. The molecule has 5 nitrogen and oxygen atoms in total. The predicted octanol–water partition coefficient (Wildman–Crippen LogP) is 4.81. The molecule has 1 saturated heterocycles. The molecule has 2 aliphatic heterocycles. The molecule has 1 fully saturated rings. The van der Waals surface area contributed by atoms with Crippen molar-refractivity contribution in [1.29, 1.82) is 0 Å². The first-order chi connectivity index (χ1) is 15.1. The molecule has 3 amide bonds. The summed E-state index contributed by atoms with van der Waals surface area (Å²) in [5.74, 6) is 0.0599. The Bertz CT molecular complexity index is 1160. The van der Waals surface area contributed by atoms with Gasteiger partial charge in [0.2, 0.25) is 0 Å². The number of rotatable bonds is 3. The number of para-hydroxylation sites is 2. The molecule has 0 bridgehead atoms. The molecule has 31 heavy (non-hydrogen) atoms. The SMILES string of the molecule is O=C(Nc1ccccc1)N1CCSC12C(=O)N(Cc1ccccc1F)c1ccccc12. The van der Waals surface area contributed by atoms with E-state index in [1.54, 1.807) is 28.0 Å². The summed E-state index contributed by atoms with van der Waals surface area (Å²) in [6.07, 6.45) is 0. The fraction of sp³-hybridized carbons (Fsp3) is 0.167. The van der Waals surface area contributed by atoms with Crippen molar-refractivity contribution in [1.82, 2.24) is 4.90 Å². The maximum absolute atomic E-state index is 14.3. The Kier molecular flexibility index (Phi) is 4.90. The highest BCUT2D eigenvalue weighted by Crippen LogP contribution is 2.54. The van der Waals surface area contributed by atoms with Gasteiger partial charge in [0.25, 0.3) is 5.91 Å². The van der Waals surface area contributed by atoms with Gasteiger partial charge in [0.1, 0.15) is 5.82 Å². The molecule has 156 valence electrons. The lowest BCUT2D eigenvalue weighted by Crippen LogP contribution is -2.51. The van der Waals surface area contributed by atoms with E-state index in [1.807, 2.05) is 54.6 Å². The molecule has 2 heterocycles. The van der Waals surface area contributed by atoms with Crippen molar-refractivity contribution in [3.8, 4) is 0 Å². The van der Waals surface area contributed by atoms with Gasteiger partial charge in [-0.1, -0.05) is 54.6 Å². The molecule has 1 spiro atoms. The summed E-state index contributed by atoms with van der Waals surface area (Å²) >= 11 is 1.45. The number of hydrogen-bond donors (Lipinski definition) is 1. The Labute approximate surface area is 183 Å². The van der Waals surface area contributed by atoms with Crippen LogP contribution in [0, 0.1) is 5.82 Å². The molecular weight excluding hydrogens is 413 g/mol. The van der Waals surface area contributed by atoms with Crippen LogP contribution in [0.15, 0.2) is 78.9 Å². The number of carbonyl (C=O) groups excluding carboxylic acids is 2. The number of hydrogen-bond acceptors (Lipinski definition) is 3. The van der Waals surface area contributed by atoms with Gasteiger partial charge in [-0.2, -0.15) is 0 Å². The minimum atomic E-state index is -1.15. The lowest BCUT2D eigenvalue weighted by Gasteiger charge is -2.33. The summed E-state index contributed by atoms with van der Waals surface area (Å²) in [7, 11) is 0. The maximum atomic E-state index is 14.3. The van der Waals surface area contributed by atoms with Gasteiger partial charge < -0.3 is 10.2 Å². The molecular formula is C24H20FN3O2S. The average Bonchev–Trinajstić information content (AvgIpc) is 3.33. The topological polar surface area (TPSA) is 52.7 Å². The van der Waals surface area contributed by atoms with Crippen LogP contribution < -0.4 is 10.2 Å². The van der Waals surface area contributed by atoms with Gasteiger partial charge in [0, 0.05) is 29.1 Å². The van der Waals surface area contributed by atoms with Crippen LogP contribution in [0.5, 0.6) is 0 Å². The zero-order valence-corrected chi connectivity index (χ0v) is 17.4. The largest absolute Gasteiger partial charge is 0.323 e. The smallest absolute Gasteiger partial charge is 0.308 e. The molecule has 2 aliphatic rings. The normalized spacial score (nSPS) is 19.7. The third-order valence-electron chi connectivity index (χ3n) is 5.66. The van der Waals surface area contributed by atoms with E-state index in [-0.39, 0.29) is 24.3 Å².